The molecule has 0 spiro atoms. The Kier molecular flexibility index (Phi) is 14.8. The molecule has 1 rings (SSSR count). The molecule has 0 aliphatic rings. The third-order valence-corrected chi connectivity index (χ3v) is 5.15. The fourth-order valence-electron chi connectivity index (χ4n) is 2.96. The van der Waals surface area contributed by atoms with E-state index in [1.54, 1.807) is 45.1 Å². The summed E-state index contributed by atoms with van der Waals surface area (Å²) >= 11 is 0. The summed E-state index contributed by atoms with van der Waals surface area (Å²) in [6, 6.07) is 8.78. The van der Waals surface area contributed by atoms with Crippen LogP contribution in [-0.4, -0.2) is 38.4 Å². The van der Waals surface area contributed by atoms with Gasteiger partial charge in [0.2, 0.25) is 0 Å². The molecule has 0 aliphatic heterocycles. The lowest BCUT2D eigenvalue weighted by Gasteiger charge is -2.11. The normalized spacial score (nSPS) is 13.9. The van der Waals surface area contributed by atoms with E-state index in [-0.39, 0.29) is 19.6 Å². The predicted octanol–water partition coefficient (Wildman–Crippen LogP) is 6.85. The standard InChI is InChI=1S/C30H37F3N2O4/c1-6-39-28(36)19-25(16-14-24(4)38-5)15-12-22(2)13-17-27(30(31,32)33)18-23(3)20-34-29(37)35-21-26-10-8-7-9-11-26/h7-18H,6,19-21H2,1-5H3,(H2,34,35,37)/b15-12+,22-13+,23-18+,24-14+,25-16+,27-17+. The zero-order chi connectivity index (χ0) is 29.3. The fraction of sp³-hybridized carbons (Fsp3) is 0.333. The Bertz CT molecular complexity index is 1130. The molecule has 0 aromatic heterocycles. The second kappa shape index (κ2) is 17.5. The Balaban J connectivity index is 2.93. The second-order valence-electron chi connectivity index (χ2n) is 8.58. The highest BCUT2D eigenvalue weighted by Gasteiger charge is 2.31. The van der Waals surface area contributed by atoms with E-state index in [4.69, 9.17) is 9.47 Å². The minimum Gasteiger partial charge on any atom is -0.501 e. The SMILES string of the molecule is CCOC(=O)CC(=C/C=C(\C)OC)/C=C/C(C)=C/C=C(\C=C(/C)CNC(=O)NCc1ccccc1)C(F)(F)F. The number of methoxy groups -OCH3 is 1. The molecule has 1 aromatic carbocycles. The molecule has 0 atom stereocenters. The van der Waals surface area contributed by atoms with E-state index < -0.39 is 23.7 Å². The first-order valence-electron chi connectivity index (χ1n) is 12.4. The summed E-state index contributed by atoms with van der Waals surface area (Å²) in [6.45, 7) is 7.11. The van der Waals surface area contributed by atoms with Gasteiger partial charge in [0, 0.05) is 13.1 Å². The maximum absolute atomic E-state index is 13.6. The number of ether oxygens (including phenoxy) is 2. The smallest absolute Gasteiger partial charge is 0.416 e. The largest absolute Gasteiger partial charge is 0.501 e. The average Bonchev–Trinajstić information content (AvgIpc) is 2.89. The van der Waals surface area contributed by atoms with Crippen LogP contribution in [0.2, 0.25) is 0 Å². The summed E-state index contributed by atoms with van der Waals surface area (Å²) in [6.07, 6.45) is 5.34. The van der Waals surface area contributed by atoms with E-state index in [0.717, 1.165) is 17.7 Å². The number of alkyl halides is 3. The highest BCUT2D eigenvalue weighted by Crippen LogP contribution is 2.27. The first-order chi connectivity index (χ1) is 18.4. The molecule has 0 saturated carbocycles. The molecule has 6 nitrogen and oxygen atoms in total. The van der Waals surface area contributed by atoms with Gasteiger partial charge in [-0.3, -0.25) is 4.79 Å². The van der Waals surface area contributed by atoms with Gasteiger partial charge in [-0.15, -0.1) is 0 Å². The van der Waals surface area contributed by atoms with Crippen molar-refractivity contribution in [2.24, 2.45) is 0 Å². The Hall–Kier alpha value is -4.01. The van der Waals surface area contributed by atoms with Crippen molar-refractivity contribution in [1.82, 2.24) is 10.6 Å². The van der Waals surface area contributed by atoms with Crippen LogP contribution < -0.4 is 10.6 Å². The number of carbonyl (C=O) groups excluding carboxylic acids is 2. The third kappa shape index (κ3) is 15.1. The number of hydrogen-bond donors (Lipinski definition) is 2. The van der Waals surface area contributed by atoms with E-state index in [2.05, 4.69) is 10.6 Å². The average molecular weight is 547 g/mol. The third-order valence-electron chi connectivity index (χ3n) is 5.15. The quantitative estimate of drug-likeness (QED) is 0.161. The molecule has 0 saturated heterocycles. The van der Waals surface area contributed by atoms with Crippen LogP contribution in [-0.2, 0) is 20.8 Å². The van der Waals surface area contributed by atoms with Crippen molar-refractivity contribution in [3.05, 3.63) is 106 Å². The predicted molar refractivity (Wildman–Crippen MR) is 148 cm³/mol. The monoisotopic (exact) mass is 546 g/mol. The molecule has 0 aliphatic carbocycles. The molecular formula is C30H37F3N2O4. The van der Waals surface area contributed by atoms with Gasteiger partial charge < -0.3 is 20.1 Å². The van der Waals surface area contributed by atoms with Gasteiger partial charge in [0.25, 0.3) is 0 Å². The van der Waals surface area contributed by atoms with Crippen molar-refractivity contribution >= 4 is 12.0 Å². The molecule has 0 radical (unpaired) electrons. The molecule has 2 amide bonds. The fourth-order valence-corrected chi connectivity index (χ4v) is 2.96. The number of carbonyl (C=O) groups is 2. The van der Waals surface area contributed by atoms with Crippen molar-refractivity contribution in [2.75, 3.05) is 20.3 Å². The van der Waals surface area contributed by atoms with Gasteiger partial charge in [-0.2, -0.15) is 13.2 Å². The summed E-state index contributed by atoms with van der Waals surface area (Å²) in [5.41, 5.74) is 1.51. The van der Waals surface area contributed by atoms with Crippen LogP contribution >= 0.6 is 0 Å². The Morgan fingerprint density at radius 2 is 1.64 bits per heavy atom. The molecule has 9 heteroatoms. The highest BCUT2D eigenvalue weighted by molar-refractivity contribution is 5.74. The van der Waals surface area contributed by atoms with Crippen LogP contribution in [0.25, 0.3) is 0 Å². The molecule has 39 heavy (non-hydrogen) atoms. The number of benzene rings is 1. The summed E-state index contributed by atoms with van der Waals surface area (Å²) < 4.78 is 51.0. The van der Waals surface area contributed by atoms with Crippen LogP contribution in [0.3, 0.4) is 0 Å². The molecule has 0 fully saturated rings. The number of amides is 2. The number of esters is 1. The summed E-state index contributed by atoms with van der Waals surface area (Å²) in [5, 5.41) is 5.22. The van der Waals surface area contributed by atoms with E-state index in [1.807, 2.05) is 30.3 Å². The molecule has 212 valence electrons. The maximum atomic E-state index is 13.6. The van der Waals surface area contributed by atoms with Crippen molar-refractivity contribution in [1.29, 1.82) is 0 Å². The van der Waals surface area contributed by atoms with Gasteiger partial charge in [0.15, 0.2) is 0 Å². The number of halogens is 3. The van der Waals surface area contributed by atoms with E-state index in [1.165, 1.54) is 20.1 Å². The van der Waals surface area contributed by atoms with E-state index in [9.17, 15) is 22.8 Å². The Morgan fingerprint density at radius 1 is 0.949 bits per heavy atom. The van der Waals surface area contributed by atoms with Gasteiger partial charge in [-0.25, -0.2) is 4.79 Å². The van der Waals surface area contributed by atoms with Crippen molar-refractivity contribution < 1.29 is 32.2 Å². The van der Waals surface area contributed by atoms with Crippen LogP contribution in [0, 0.1) is 0 Å². The minimum absolute atomic E-state index is 0.00259. The summed E-state index contributed by atoms with van der Waals surface area (Å²) in [7, 11) is 1.52. The molecule has 0 bridgehead atoms. The summed E-state index contributed by atoms with van der Waals surface area (Å²) in [4.78, 5) is 23.9. The molecule has 0 unspecified atom stereocenters. The van der Waals surface area contributed by atoms with Gasteiger partial charge >= 0.3 is 18.2 Å². The Labute approximate surface area is 228 Å². The number of urea groups is 1. The second-order valence-corrected chi connectivity index (χ2v) is 8.58. The van der Waals surface area contributed by atoms with Crippen molar-refractivity contribution in [3.63, 3.8) is 0 Å². The maximum Gasteiger partial charge on any atom is 0.416 e. The van der Waals surface area contributed by atoms with Gasteiger partial charge in [-0.1, -0.05) is 65.8 Å². The van der Waals surface area contributed by atoms with Crippen LogP contribution in [0.4, 0.5) is 18.0 Å². The lowest BCUT2D eigenvalue weighted by molar-refractivity contribution is -0.142. The van der Waals surface area contributed by atoms with E-state index in [0.29, 0.717) is 29.0 Å². The minimum atomic E-state index is -4.59. The Morgan fingerprint density at radius 3 is 2.26 bits per heavy atom. The van der Waals surface area contributed by atoms with Crippen molar-refractivity contribution in [2.45, 2.75) is 46.8 Å². The molecule has 2 N–H and O–H groups in total. The highest BCUT2D eigenvalue weighted by atomic mass is 19.4. The van der Waals surface area contributed by atoms with Crippen molar-refractivity contribution in [3.8, 4) is 0 Å². The van der Waals surface area contributed by atoms with Gasteiger partial charge in [0.05, 0.1) is 31.5 Å². The lowest BCUT2D eigenvalue weighted by Crippen LogP contribution is -2.35. The van der Waals surface area contributed by atoms with Gasteiger partial charge in [-0.05, 0) is 57.1 Å². The van der Waals surface area contributed by atoms with Gasteiger partial charge in [0.1, 0.15) is 0 Å². The zero-order valence-electron chi connectivity index (χ0n) is 23.0. The number of hydrogen-bond acceptors (Lipinski definition) is 4. The van der Waals surface area contributed by atoms with E-state index >= 15 is 0 Å². The molecule has 0 heterocycles. The first-order valence-corrected chi connectivity index (χ1v) is 12.4. The van der Waals surface area contributed by atoms with Crippen LogP contribution in [0.15, 0.2) is 101 Å². The number of nitrogens with one attached hydrogen (secondary N) is 2. The zero-order valence-corrected chi connectivity index (χ0v) is 23.0. The number of rotatable bonds is 13. The molecule has 1 aromatic rings. The number of allylic oxidation sites excluding steroid dienone is 10. The van der Waals surface area contributed by atoms with Crippen LogP contribution in [0.5, 0.6) is 0 Å². The first kappa shape index (κ1) is 33.0. The molecular weight excluding hydrogens is 509 g/mol. The topological polar surface area (TPSA) is 76.7 Å². The van der Waals surface area contributed by atoms with Crippen LogP contribution in [0.1, 0.15) is 39.7 Å². The summed E-state index contributed by atoms with van der Waals surface area (Å²) in [5.74, 6) is 0.209. The lowest BCUT2D eigenvalue weighted by atomic mass is 10.1.